The van der Waals surface area contributed by atoms with Crippen LogP contribution in [0.15, 0.2) is 72.8 Å². The Bertz CT molecular complexity index is 1410. The molecule has 0 saturated carbocycles. The van der Waals surface area contributed by atoms with Gasteiger partial charge in [0.25, 0.3) is 0 Å². The Morgan fingerprint density at radius 1 is 0.821 bits per heavy atom. The Balaban J connectivity index is 1.24. The van der Waals surface area contributed by atoms with E-state index in [0.29, 0.717) is 11.3 Å². The van der Waals surface area contributed by atoms with E-state index < -0.39 is 39.4 Å². The number of amides is 3. The number of rotatable bonds is 6. The van der Waals surface area contributed by atoms with Gasteiger partial charge in [-0.25, -0.2) is 4.79 Å². The van der Waals surface area contributed by atoms with Gasteiger partial charge in [-0.15, -0.1) is 23.2 Å². The molecule has 0 aromatic heterocycles. The molecule has 1 N–H and O–H groups in total. The number of alkyl halides is 2. The van der Waals surface area contributed by atoms with Crippen molar-refractivity contribution < 1.29 is 23.9 Å². The lowest BCUT2D eigenvalue weighted by Gasteiger charge is -2.54. The van der Waals surface area contributed by atoms with Crippen molar-refractivity contribution in [1.29, 1.82) is 0 Å². The molecule has 0 spiro atoms. The maximum atomic E-state index is 13.8. The number of nitrogens with zero attached hydrogens (tertiary/aromatic N) is 1. The van der Waals surface area contributed by atoms with Crippen LogP contribution in [0.1, 0.15) is 46.0 Å². The molecule has 9 heteroatoms. The Labute approximate surface area is 235 Å². The topological polar surface area (TPSA) is 92.8 Å². The maximum Gasteiger partial charge on any atom is 0.338 e. The molecule has 1 saturated heterocycles. The Morgan fingerprint density at radius 3 is 1.72 bits per heavy atom. The van der Waals surface area contributed by atoms with Gasteiger partial charge >= 0.3 is 5.97 Å². The van der Waals surface area contributed by atoms with Gasteiger partial charge in [-0.2, -0.15) is 0 Å². The third kappa shape index (κ3) is 3.56. The highest BCUT2D eigenvalue weighted by Gasteiger charge is 2.72. The average Bonchev–Trinajstić information content (AvgIpc) is 3.21. The third-order valence-electron chi connectivity index (χ3n) is 7.92. The second-order valence-electron chi connectivity index (χ2n) is 9.89. The summed E-state index contributed by atoms with van der Waals surface area (Å²) in [6, 6.07) is 21.2. The van der Waals surface area contributed by atoms with Crippen LogP contribution in [0.25, 0.3) is 0 Å². The monoisotopic (exact) mass is 562 g/mol. The van der Waals surface area contributed by atoms with Crippen LogP contribution in [0.2, 0.25) is 0 Å². The summed E-state index contributed by atoms with van der Waals surface area (Å²) in [6.07, 6.45) is -0.110. The summed E-state index contributed by atoms with van der Waals surface area (Å²) < 4.78 is 4.97. The molecule has 3 aliphatic carbocycles. The molecule has 1 heterocycles. The standard InChI is InChI=1S/C30H24Cl2N2O5/c1-2-39-28(38)17-11-13-18(14-12-17)33-23(35)15-16-34-26(36)24-25(27(34)37)30(32)20-8-4-3-7-19(20)29(24,31)21-9-5-6-10-22(21)30/h3-14,24-25H,2,15-16H2,1H3,(H,33,35)/t24-,25+,29?,30?. The van der Waals surface area contributed by atoms with Crippen LogP contribution in [0.3, 0.4) is 0 Å². The van der Waals surface area contributed by atoms with Crippen molar-refractivity contribution >= 4 is 52.6 Å². The Hall–Kier alpha value is -3.68. The Morgan fingerprint density at radius 2 is 1.28 bits per heavy atom. The molecule has 2 bridgehead atoms. The number of anilines is 1. The van der Waals surface area contributed by atoms with Gasteiger partial charge in [-0.05, 0) is 53.4 Å². The van der Waals surface area contributed by atoms with Crippen molar-refractivity contribution in [2.45, 2.75) is 23.1 Å². The predicted molar refractivity (Wildman–Crippen MR) is 145 cm³/mol. The summed E-state index contributed by atoms with van der Waals surface area (Å²) in [5.74, 6) is -3.48. The van der Waals surface area contributed by atoms with E-state index in [0.717, 1.165) is 27.2 Å². The summed E-state index contributed by atoms with van der Waals surface area (Å²) in [6.45, 7) is 1.88. The zero-order chi connectivity index (χ0) is 27.5. The van der Waals surface area contributed by atoms with E-state index in [9.17, 15) is 19.2 Å². The van der Waals surface area contributed by atoms with Gasteiger partial charge in [-0.1, -0.05) is 48.5 Å². The maximum absolute atomic E-state index is 13.8. The first-order chi connectivity index (χ1) is 18.7. The number of nitrogens with one attached hydrogen (secondary N) is 1. The quantitative estimate of drug-likeness (QED) is 0.265. The van der Waals surface area contributed by atoms with E-state index in [1.54, 1.807) is 31.2 Å². The van der Waals surface area contributed by atoms with Gasteiger partial charge < -0.3 is 10.1 Å². The van der Waals surface area contributed by atoms with Gasteiger partial charge in [0.2, 0.25) is 17.7 Å². The minimum atomic E-state index is -1.25. The number of likely N-dealkylation sites (tertiary alicyclic amines) is 1. The molecule has 7 nitrogen and oxygen atoms in total. The second-order valence-corrected chi connectivity index (χ2v) is 11.1. The van der Waals surface area contributed by atoms with E-state index in [1.165, 1.54) is 0 Å². The predicted octanol–water partition coefficient (Wildman–Crippen LogP) is 4.79. The lowest BCUT2D eigenvalue weighted by atomic mass is 9.54. The number of esters is 1. The van der Waals surface area contributed by atoms with Gasteiger partial charge in [0, 0.05) is 18.7 Å². The number of carbonyl (C=O) groups is 4. The molecule has 39 heavy (non-hydrogen) atoms. The number of benzene rings is 3. The molecule has 0 radical (unpaired) electrons. The number of imide groups is 1. The fourth-order valence-electron chi connectivity index (χ4n) is 6.29. The van der Waals surface area contributed by atoms with E-state index in [2.05, 4.69) is 5.32 Å². The first kappa shape index (κ1) is 25.6. The molecule has 3 aromatic rings. The highest BCUT2D eigenvalue weighted by atomic mass is 35.5. The second kappa shape index (κ2) is 9.21. The molecule has 1 aliphatic heterocycles. The van der Waals surface area contributed by atoms with Gasteiger partial charge in [0.1, 0.15) is 9.75 Å². The van der Waals surface area contributed by atoms with Crippen LogP contribution in [-0.4, -0.2) is 41.7 Å². The van der Waals surface area contributed by atoms with Crippen LogP contribution in [0, 0.1) is 11.8 Å². The molecule has 0 unspecified atom stereocenters. The average molecular weight is 563 g/mol. The third-order valence-corrected chi connectivity index (χ3v) is 9.20. The highest BCUT2D eigenvalue weighted by Crippen LogP contribution is 2.69. The van der Waals surface area contributed by atoms with E-state index >= 15 is 0 Å². The fourth-order valence-corrected chi connectivity index (χ4v) is 7.38. The molecule has 4 aliphatic rings. The molecule has 198 valence electrons. The number of carbonyl (C=O) groups excluding carboxylic acids is 4. The van der Waals surface area contributed by atoms with Gasteiger partial charge in [-0.3, -0.25) is 19.3 Å². The number of hydrogen-bond acceptors (Lipinski definition) is 5. The molecule has 3 amide bonds. The lowest BCUT2D eigenvalue weighted by molar-refractivity contribution is -0.140. The minimum Gasteiger partial charge on any atom is -0.462 e. The normalized spacial score (nSPS) is 26.1. The van der Waals surface area contributed by atoms with Crippen molar-refractivity contribution in [3.8, 4) is 0 Å². The van der Waals surface area contributed by atoms with Crippen molar-refractivity contribution in [3.05, 3.63) is 101 Å². The number of hydrogen-bond donors (Lipinski definition) is 1. The summed E-state index contributed by atoms with van der Waals surface area (Å²) in [5, 5.41) is 2.74. The minimum absolute atomic E-state index is 0.107. The molecule has 7 rings (SSSR count). The lowest BCUT2D eigenvalue weighted by Crippen LogP contribution is -2.57. The van der Waals surface area contributed by atoms with Crippen molar-refractivity contribution in [1.82, 2.24) is 4.90 Å². The molecular weight excluding hydrogens is 539 g/mol. The van der Waals surface area contributed by atoms with Crippen molar-refractivity contribution in [2.24, 2.45) is 11.8 Å². The molecule has 1 fully saturated rings. The zero-order valence-electron chi connectivity index (χ0n) is 20.9. The first-order valence-electron chi connectivity index (χ1n) is 12.7. The first-order valence-corrected chi connectivity index (χ1v) is 13.5. The van der Waals surface area contributed by atoms with E-state index in [1.807, 2.05) is 48.5 Å². The van der Waals surface area contributed by atoms with Crippen LogP contribution >= 0.6 is 23.2 Å². The number of ether oxygens (including phenoxy) is 1. The molecule has 2 atom stereocenters. The van der Waals surface area contributed by atoms with Crippen LogP contribution < -0.4 is 5.32 Å². The van der Waals surface area contributed by atoms with Crippen LogP contribution in [0.5, 0.6) is 0 Å². The van der Waals surface area contributed by atoms with Crippen LogP contribution in [-0.2, 0) is 28.9 Å². The van der Waals surface area contributed by atoms with Crippen molar-refractivity contribution in [2.75, 3.05) is 18.5 Å². The SMILES string of the molecule is CCOC(=O)c1ccc(NC(=O)CCN2C(=O)[C@@H]3[C@H](C2=O)C2(Cl)c4ccccc4C3(Cl)c3ccccc32)cc1. The molecular formula is C30H24Cl2N2O5. The Kier molecular flexibility index (Phi) is 6.04. The summed E-state index contributed by atoms with van der Waals surface area (Å²) in [7, 11) is 0. The highest BCUT2D eigenvalue weighted by molar-refractivity contribution is 6.36. The largest absolute Gasteiger partial charge is 0.462 e. The number of halogens is 2. The summed E-state index contributed by atoms with van der Waals surface area (Å²) in [4.78, 5) is 50.8. The molecule has 3 aromatic carbocycles. The van der Waals surface area contributed by atoms with E-state index in [4.69, 9.17) is 27.9 Å². The van der Waals surface area contributed by atoms with Gasteiger partial charge in [0.15, 0.2) is 0 Å². The van der Waals surface area contributed by atoms with Crippen LogP contribution in [0.4, 0.5) is 5.69 Å². The summed E-state index contributed by atoms with van der Waals surface area (Å²) in [5.41, 5.74) is 3.76. The fraction of sp³-hybridized carbons (Fsp3) is 0.267. The smallest absolute Gasteiger partial charge is 0.338 e. The summed E-state index contributed by atoms with van der Waals surface area (Å²) >= 11 is 14.8. The van der Waals surface area contributed by atoms with Crippen molar-refractivity contribution in [3.63, 3.8) is 0 Å². The van der Waals surface area contributed by atoms with Gasteiger partial charge in [0.05, 0.1) is 24.0 Å². The van der Waals surface area contributed by atoms with E-state index in [-0.39, 0.29) is 25.5 Å². The zero-order valence-corrected chi connectivity index (χ0v) is 22.5.